The number of hydrogen-bond donors (Lipinski definition) is 0. The number of aliphatic imine (C=N–C) groups is 1. The third-order valence-corrected chi connectivity index (χ3v) is 4.55. The van der Waals surface area contributed by atoms with Crippen molar-refractivity contribution in [2.75, 3.05) is 4.90 Å². The van der Waals surface area contributed by atoms with Crippen LogP contribution in [0.25, 0.3) is 0 Å². The molecule has 0 aliphatic heterocycles. The summed E-state index contributed by atoms with van der Waals surface area (Å²) < 4.78 is 0. The normalized spacial score (nSPS) is 11.4. The van der Waals surface area contributed by atoms with Crippen LogP contribution in [0.3, 0.4) is 0 Å². The summed E-state index contributed by atoms with van der Waals surface area (Å²) in [6.45, 7) is 11.7. The zero-order valence-corrected chi connectivity index (χ0v) is 17.4. The van der Waals surface area contributed by atoms with E-state index in [2.05, 4.69) is 17.1 Å². The standard InChI is InChI=1S/C24H26N4/c1-17(2)22(15-25)28(21-12-8-10-19(4)14-21)24(5,6)23(16-26)27-20-11-7-9-18(3)13-20/h7-14H,1-6H3. The molecule has 0 N–H and O–H groups in total. The van der Waals surface area contributed by atoms with Crippen LogP contribution in [0.15, 0.2) is 64.8 Å². The minimum atomic E-state index is -0.825. The number of nitriles is 2. The first-order valence-electron chi connectivity index (χ1n) is 9.21. The first-order chi connectivity index (χ1) is 13.2. The molecule has 0 spiro atoms. The zero-order chi connectivity index (χ0) is 20.9. The average molecular weight is 371 g/mol. The molecule has 28 heavy (non-hydrogen) atoms. The molecule has 0 fully saturated rings. The lowest BCUT2D eigenvalue weighted by Crippen LogP contribution is -2.49. The Morgan fingerprint density at radius 3 is 2.04 bits per heavy atom. The van der Waals surface area contributed by atoms with Crippen molar-refractivity contribution in [1.82, 2.24) is 0 Å². The maximum Gasteiger partial charge on any atom is 0.143 e. The topological polar surface area (TPSA) is 63.2 Å². The van der Waals surface area contributed by atoms with E-state index in [0.717, 1.165) is 28.1 Å². The second kappa shape index (κ2) is 8.55. The van der Waals surface area contributed by atoms with Crippen LogP contribution in [-0.2, 0) is 0 Å². The lowest BCUT2D eigenvalue weighted by Gasteiger charge is -2.39. The van der Waals surface area contributed by atoms with Gasteiger partial charge >= 0.3 is 0 Å². The Labute approximate surface area is 168 Å². The predicted molar refractivity (Wildman–Crippen MR) is 116 cm³/mol. The fourth-order valence-electron chi connectivity index (χ4n) is 3.11. The van der Waals surface area contributed by atoms with Crippen LogP contribution in [-0.4, -0.2) is 11.3 Å². The zero-order valence-electron chi connectivity index (χ0n) is 17.4. The molecular weight excluding hydrogens is 344 g/mol. The van der Waals surface area contributed by atoms with E-state index >= 15 is 0 Å². The van der Waals surface area contributed by atoms with Crippen molar-refractivity contribution in [1.29, 1.82) is 10.5 Å². The number of rotatable bonds is 5. The van der Waals surface area contributed by atoms with E-state index < -0.39 is 5.54 Å². The van der Waals surface area contributed by atoms with Gasteiger partial charge in [-0.3, -0.25) is 0 Å². The van der Waals surface area contributed by atoms with Crippen molar-refractivity contribution in [2.24, 2.45) is 4.99 Å². The van der Waals surface area contributed by atoms with Gasteiger partial charge in [-0.05, 0) is 82.5 Å². The number of benzene rings is 2. The van der Waals surface area contributed by atoms with Crippen molar-refractivity contribution in [3.05, 3.63) is 70.9 Å². The molecule has 142 valence electrons. The average Bonchev–Trinajstić information content (AvgIpc) is 2.63. The molecule has 0 bridgehead atoms. The molecule has 0 unspecified atom stereocenters. The second-order valence-electron chi connectivity index (χ2n) is 7.61. The molecule has 0 heterocycles. The largest absolute Gasteiger partial charge is 0.321 e. The quantitative estimate of drug-likeness (QED) is 0.479. The first kappa shape index (κ1) is 20.9. The minimum absolute atomic E-state index is 0.341. The van der Waals surface area contributed by atoms with Gasteiger partial charge in [0.25, 0.3) is 0 Å². The van der Waals surface area contributed by atoms with Gasteiger partial charge in [0.05, 0.1) is 11.2 Å². The van der Waals surface area contributed by atoms with Crippen LogP contribution < -0.4 is 4.90 Å². The Morgan fingerprint density at radius 1 is 0.929 bits per heavy atom. The summed E-state index contributed by atoms with van der Waals surface area (Å²) in [5.74, 6) is 0. The lowest BCUT2D eigenvalue weighted by atomic mass is 9.93. The molecule has 2 rings (SSSR count). The van der Waals surface area contributed by atoms with Crippen LogP contribution in [0, 0.1) is 36.5 Å². The highest BCUT2D eigenvalue weighted by molar-refractivity contribution is 6.09. The number of anilines is 1. The SMILES string of the molecule is CC(C)=C(C#N)N(c1cccc(C)c1)C(C)(C)C(C#N)=Nc1cccc(C)c1. The highest BCUT2D eigenvalue weighted by Gasteiger charge is 2.36. The van der Waals surface area contributed by atoms with Crippen LogP contribution in [0.1, 0.15) is 38.8 Å². The van der Waals surface area contributed by atoms with Gasteiger partial charge in [0, 0.05) is 5.69 Å². The molecule has 0 atom stereocenters. The van der Waals surface area contributed by atoms with E-state index in [1.165, 1.54) is 0 Å². The Bertz CT molecular complexity index is 1010. The smallest absolute Gasteiger partial charge is 0.143 e. The molecule has 0 aliphatic carbocycles. The van der Waals surface area contributed by atoms with E-state index in [1.54, 1.807) is 0 Å². The molecule has 0 aliphatic rings. The van der Waals surface area contributed by atoms with Gasteiger partial charge < -0.3 is 4.90 Å². The maximum absolute atomic E-state index is 9.93. The fraction of sp³-hybridized carbons (Fsp3) is 0.292. The van der Waals surface area contributed by atoms with Gasteiger partial charge in [-0.2, -0.15) is 10.5 Å². The summed E-state index contributed by atoms with van der Waals surface area (Å²) in [4.78, 5) is 6.55. The summed E-state index contributed by atoms with van der Waals surface area (Å²) in [7, 11) is 0. The summed E-state index contributed by atoms with van der Waals surface area (Å²) in [6, 6.07) is 20.3. The molecule has 0 saturated heterocycles. The van der Waals surface area contributed by atoms with Crippen molar-refractivity contribution in [3.8, 4) is 12.1 Å². The molecular formula is C24H26N4. The van der Waals surface area contributed by atoms with Crippen molar-refractivity contribution in [2.45, 2.75) is 47.1 Å². The van der Waals surface area contributed by atoms with Crippen molar-refractivity contribution in [3.63, 3.8) is 0 Å². The lowest BCUT2D eigenvalue weighted by molar-refractivity contribution is 0.651. The van der Waals surface area contributed by atoms with E-state index in [0.29, 0.717) is 11.4 Å². The molecule has 4 nitrogen and oxygen atoms in total. The Hall–Kier alpha value is -3.37. The van der Waals surface area contributed by atoms with Crippen molar-refractivity contribution >= 4 is 17.1 Å². The van der Waals surface area contributed by atoms with Gasteiger partial charge in [-0.1, -0.05) is 24.3 Å². The Morgan fingerprint density at radius 2 is 1.54 bits per heavy atom. The van der Waals surface area contributed by atoms with Gasteiger partial charge in [0.15, 0.2) is 0 Å². The molecule has 2 aromatic carbocycles. The van der Waals surface area contributed by atoms with Gasteiger partial charge in [0.2, 0.25) is 0 Å². The fourth-order valence-corrected chi connectivity index (χ4v) is 3.11. The molecule has 2 aromatic rings. The maximum atomic E-state index is 9.93. The number of nitrogens with zero attached hydrogens (tertiary/aromatic N) is 4. The van der Waals surface area contributed by atoms with E-state index in [9.17, 15) is 10.5 Å². The molecule has 4 heteroatoms. The van der Waals surface area contributed by atoms with Crippen LogP contribution >= 0.6 is 0 Å². The Kier molecular flexibility index (Phi) is 6.39. The first-order valence-corrected chi connectivity index (χ1v) is 9.21. The van der Waals surface area contributed by atoms with Crippen LogP contribution in [0.4, 0.5) is 11.4 Å². The summed E-state index contributed by atoms with van der Waals surface area (Å²) in [5, 5.41) is 19.8. The monoisotopic (exact) mass is 370 g/mol. The van der Waals surface area contributed by atoms with Gasteiger partial charge in [-0.15, -0.1) is 0 Å². The minimum Gasteiger partial charge on any atom is -0.321 e. The molecule has 0 saturated carbocycles. The second-order valence-corrected chi connectivity index (χ2v) is 7.61. The van der Waals surface area contributed by atoms with Gasteiger partial charge in [0.1, 0.15) is 23.5 Å². The van der Waals surface area contributed by atoms with Crippen molar-refractivity contribution < 1.29 is 0 Å². The predicted octanol–water partition coefficient (Wildman–Crippen LogP) is 6.00. The third kappa shape index (κ3) is 4.48. The van der Waals surface area contributed by atoms with E-state index in [4.69, 9.17) is 0 Å². The number of hydrogen-bond acceptors (Lipinski definition) is 4. The summed E-state index contributed by atoms with van der Waals surface area (Å²) in [6.07, 6.45) is 0. The highest BCUT2D eigenvalue weighted by Crippen LogP contribution is 2.32. The summed E-state index contributed by atoms with van der Waals surface area (Å²) >= 11 is 0. The third-order valence-electron chi connectivity index (χ3n) is 4.55. The van der Waals surface area contributed by atoms with Crippen LogP contribution in [0.5, 0.6) is 0 Å². The van der Waals surface area contributed by atoms with Gasteiger partial charge in [-0.25, -0.2) is 4.99 Å². The summed E-state index contributed by atoms with van der Waals surface area (Å²) in [5.41, 5.74) is 4.66. The van der Waals surface area contributed by atoms with Crippen LogP contribution in [0.2, 0.25) is 0 Å². The van der Waals surface area contributed by atoms with E-state index in [1.807, 2.05) is 95.0 Å². The number of allylic oxidation sites excluding steroid dienone is 2. The Balaban J connectivity index is 2.71. The highest BCUT2D eigenvalue weighted by atomic mass is 15.2. The molecule has 0 aromatic heterocycles. The molecule has 0 radical (unpaired) electrons. The number of aryl methyl sites for hydroxylation is 2. The molecule has 0 amide bonds. The van der Waals surface area contributed by atoms with E-state index in [-0.39, 0.29) is 0 Å².